The fourth-order valence-electron chi connectivity index (χ4n) is 3.72. The number of benzene rings is 1. The first-order valence-electron chi connectivity index (χ1n) is 9.09. The zero-order valence-electron chi connectivity index (χ0n) is 16.8. The number of imidazole rings is 2. The highest BCUT2D eigenvalue weighted by Gasteiger charge is 2.24. The Kier molecular flexibility index (Phi) is 4.27. The van der Waals surface area contributed by atoms with Gasteiger partial charge in [0.25, 0.3) is 5.56 Å². The van der Waals surface area contributed by atoms with Crippen LogP contribution in [0.2, 0.25) is 5.02 Å². The topological polar surface area (TPSA) is 83.3 Å². The summed E-state index contributed by atoms with van der Waals surface area (Å²) in [6.45, 7) is 6.86. The Hall–Kier alpha value is -3.13. The third-order valence-corrected chi connectivity index (χ3v) is 5.55. The molecule has 150 valence electrons. The highest BCUT2D eigenvalue weighted by atomic mass is 35.5. The first kappa shape index (κ1) is 19.2. The maximum atomic E-state index is 13.1. The van der Waals surface area contributed by atoms with E-state index >= 15 is 0 Å². The van der Waals surface area contributed by atoms with Crippen LogP contribution in [-0.4, -0.2) is 28.9 Å². The quantitative estimate of drug-likeness (QED) is 0.516. The van der Waals surface area contributed by atoms with Gasteiger partial charge < -0.3 is 0 Å². The van der Waals surface area contributed by atoms with Crippen LogP contribution in [0, 0.1) is 20.8 Å². The van der Waals surface area contributed by atoms with E-state index in [9.17, 15) is 14.4 Å². The molecule has 0 aliphatic rings. The lowest BCUT2D eigenvalue weighted by Crippen LogP contribution is -2.40. The van der Waals surface area contributed by atoms with Crippen molar-refractivity contribution in [3.8, 4) is 5.69 Å². The van der Waals surface area contributed by atoms with Gasteiger partial charge in [0.2, 0.25) is 5.78 Å². The summed E-state index contributed by atoms with van der Waals surface area (Å²) in [6, 6.07) is 5.58. The predicted octanol–water partition coefficient (Wildman–Crippen LogP) is 2.31. The van der Waals surface area contributed by atoms with Crippen molar-refractivity contribution in [3.05, 3.63) is 61.0 Å². The molecule has 4 rings (SSSR count). The summed E-state index contributed by atoms with van der Waals surface area (Å²) in [5.74, 6) is 0.234. The molecular weight excluding hydrogens is 394 g/mol. The molecule has 0 spiro atoms. The number of carbonyl (C=O) groups excluding carboxylic acids is 1. The van der Waals surface area contributed by atoms with E-state index in [0.29, 0.717) is 10.8 Å². The Morgan fingerprint density at radius 1 is 1.14 bits per heavy atom. The first-order chi connectivity index (χ1) is 13.6. The highest BCUT2D eigenvalue weighted by Crippen LogP contribution is 2.27. The Morgan fingerprint density at radius 2 is 1.83 bits per heavy atom. The highest BCUT2D eigenvalue weighted by molar-refractivity contribution is 6.30. The Balaban J connectivity index is 2.22. The number of nitrogens with zero attached hydrogens (tertiary/aromatic N) is 5. The Labute approximate surface area is 170 Å². The van der Waals surface area contributed by atoms with Gasteiger partial charge in [-0.05, 0) is 45.4 Å². The van der Waals surface area contributed by atoms with E-state index in [1.54, 1.807) is 11.4 Å². The van der Waals surface area contributed by atoms with Gasteiger partial charge in [-0.15, -0.1) is 0 Å². The van der Waals surface area contributed by atoms with E-state index < -0.39 is 11.2 Å². The lowest BCUT2D eigenvalue weighted by molar-refractivity contribution is -0.117. The van der Waals surface area contributed by atoms with E-state index in [2.05, 4.69) is 4.98 Å². The molecule has 0 unspecified atom stereocenters. The number of hydrogen-bond donors (Lipinski definition) is 0. The Morgan fingerprint density at radius 3 is 2.48 bits per heavy atom. The smallest absolute Gasteiger partial charge is 0.298 e. The second-order valence-electron chi connectivity index (χ2n) is 7.29. The fraction of sp³-hybridized carbons (Fsp3) is 0.300. The Bertz CT molecular complexity index is 1450. The van der Waals surface area contributed by atoms with Gasteiger partial charge in [-0.1, -0.05) is 17.7 Å². The number of aryl methyl sites for hydroxylation is 3. The minimum atomic E-state index is -0.571. The molecule has 9 heteroatoms. The second-order valence-corrected chi connectivity index (χ2v) is 7.73. The van der Waals surface area contributed by atoms with Crippen molar-refractivity contribution < 1.29 is 4.79 Å². The standard InChI is InChI=1S/C20H20ClN5O3/c1-10-6-7-14(21)8-15(10)25-12(3)13(4)26-16-17(22-19(25)26)23(5)20(29)24(18(16)28)9-11(2)27/h6-8H,9H2,1-5H3. The maximum absolute atomic E-state index is 13.1. The maximum Gasteiger partial charge on any atom is 0.332 e. The molecule has 0 saturated heterocycles. The molecule has 0 aliphatic heterocycles. The van der Waals surface area contributed by atoms with Crippen molar-refractivity contribution >= 4 is 34.3 Å². The van der Waals surface area contributed by atoms with Crippen LogP contribution in [0.5, 0.6) is 0 Å². The molecule has 3 aromatic heterocycles. The van der Waals surface area contributed by atoms with Crippen molar-refractivity contribution in [3.63, 3.8) is 0 Å². The number of halogens is 1. The van der Waals surface area contributed by atoms with Gasteiger partial charge >= 0.3 is 5.69 Å². The van der Waals surface area contributed by atoms with E-state index in [-0.39, 0.29) is 23.5 Å². The van der Waals surface area contributed by atoms with E-state index in [1.165, 1.54) is 11.5 Å². The summed E-state index contributed by atoms with van der Waals surface area (Å²) in [4.78, 5) is 42.0. The van der Waals surface area contributed by atoms with Crippen molar-refractivity contribution in [2.45, 2.75) is 34.2 Å². The van der Waals surface area contributed by atoms with Gasteiger partial charge in [0.15, 0.2) is 11.2 Å². The molecule has 1 aromatic carbocycles. The summed E-state index contributed by atoms with van der Waals surface area (Å²) in [7, 11) is 1.55. The summed E-state index contributed by atoms with van der Waals surface area (Å²) in [5.41, 5.74) is 2.97. The summed E-state index contributed by atoms with van der Waals surface area (Å²) in [6.07, 6.45) is 0. The van der Waals surface area contributed by atoms with Crippen molar-refractivity contribution in [1.82, 2.24) is 23.1 Å². The second kappa shape index (κ2) is 6.45. The molecule has 4 aromatic rings. The molecule has 3 heterocycles. The molecule has 29 heavy (non-hydrogen) atoms. The molecule has 0 aliphatic carbocycles. The SMILES string of the molecule is CC(=O)Cn1c(=O)c2c(nc3n(-c4cc(Cl)ccc4C)c(C)c(C)n23)n(C)c1=O. The van der Waals surface area contributed by atoms with Crippen LogP contribution >= 0.6 is 11.6 Å². The van der Waals surface area contributed by atoms with Gasteiger partial charge in [-0.3, -0.25) is 27.7 Å². The summed E-state index contributed by atoms with van der Waals surface area (Å²) >= 11 is 6.22. The number of hydrogen-bond acceptors (Lipinski definition) is 4. The lowest BCUT2D eigenvalue weighted by atomic mass is 10.2. The molecule has 0 radical (unpaired) electrons. The van der Waals surface area contributed by atoms with Crippen LogP contribution in [-0.2, 0) is 18.4 Å². The molecule has 0 saturated carbocycles. The lowest BCUT2D eigenvalue weighted by Gasteiger charge is -2.10. The summed E-state index contributed by atoms with van der Waals surface area (Å²) in [5, 5.41) is 0.585. The largest absolute Gasteiger partial charge is 0.332 e. The monoisotopic (exact) mass is 413 g/mol. The molecule has 0 N–H and O–H groups in total. The third-order valence-electron chi connectivity index (χ3n) is 5.31. The van der Waals surface area contributed by atoms with Crippen molar-refractivity contribution in [1.29, 1.82) is 0 Å². The number of rotatable bonds is 3. The van der Waals surface area contributed by atoms with Gasteiger partial charge in [-0.25, -0.2) is 4.79 Å². The normalized spacial score (nSPS) is 11.7. The van der Waals surface area contributed by atoms with E-state index in [4.69, 9.17) is 11.6 Å². The molecule has 0 bridgehead atoms. The average Bonchev–Trinajstić information content (AvgIpc) is 3.15. The van der Waals surface area contributed by atoms with Crippen LogP contribution in [0.25, 0.3) is 22.6 Å². The number of Topliss-reactive ketones (excluding diaryl/α,β-unsaturated/α-hetero) is 1. The number of ketones is 1. The van der Waals surface area contributed by atoms with Crippen LogP contribution < -0.4 is 11.2 Å². The first-order valence-corrected chi connectivity index (χ1v) is 9.47. The van der Waals surface area contributed by atoms with Crippen molar-refractivity contribution in [2.75, 3.05) is 0 Å². The van der Waals surface area contributed by atoms with Gasteiger partial charge in [0.05, 0.1) is 12.2 Å². The van der Waals surface area contributed by atoms with E-state index in [1.807, 2.05) is 43.5 Å². The number of aromatic nitrogens is 5. The van der Waals surface area contributed by atoms with Gasteiger partial charge in [0, 0.05) is 23.5 Å². The van der Waals surface area contributed by atoms with Crippen LogP contribution in [0.3, 0.4) is 0 Å². The molecule has 0 atom stereocenters. The zero-order chi connectivity index (χ0) is 21.2. The van der Waals surface area contributed by atoms with Crippen molar-refractivity contribution in [2.24, 2.45) is 7.05 Å². The zero-order valence-corrected chi connectivity index (χ0v) is 17.5. The molecule has 0 fully saturated rings. The van der Waals surface area contributed by atoms with Gasteiger partial charge in [-0.2, -0.15) is 4.98 Å². The molecule has 8 nitrogen and oxygen atoms in total. The molecular formula is C20H20ClN5O3. The third kappa shape index (κ3) is 2.66. The predicted molar refractivity (Wildman–Crippen MR) is 111 cm³/mol. The average molecular weight is 414 g/mol. The number of carbonyl (C=O) groups is 1. The molecule has 0 amide bonds. The van der Waals surface area contributed by atoms with Crippen LogP contribution in [0.15, 0.2) is 27.8 Å². The summed E-state index contributed by atoms with van der Waals surface area (Å²) < 4.78 is 5.92. The van der Waals surface area contributed by atoms with Gasteiger partial charge in [0.1, 0.15) is 5.78 Å². The van der Waals surface area contributed by atoms with E-state index in [0.717, 1.165) is 27.2 Å². The number of fused-ring (bicyclic) bond motifs is 3. The fourth-order valence-corrected chi connectivity index (χ4v) is 3.89. The van der Waals surface area contributed by atoms with Crippen LogP contribution in [0.1, 0.15) is 23.9 Å². The minimum absolute atomic E-state index is 0.266. The minimum Gasteiger partial charge on any atom is -0.298 e. The van der Waals surface area contributed by atoms with Crippen LogP contribution in [0.4, 0.5) is 0 Å².